The summed E-state index contributed by atoms with van der Waals surface area (Å²) in [7, 11) is 1.28. The van der Waals surface area contributed by atoms with Gasteiger partial charge in [-0.15, -0.1) is 0 Å². The molecule has 2 aromatic carbocycles. The Kier molecular flexibility index (Phi) is 5.30. The summed E-state index contributed by atoms with van der Waals surface area (Å²) in [5.74, 6) is 0.528. The van der Waals surface area contributed by atoms with Crippen molar-refractivity contribution in [3.05, 3.63) is 48.0 Å². The Hall–Kier alpha value is -1.41. The van der Waals surface area contributed by atoms with E-state index in [2.05, 4.69) is 77.1 Å². The van der Waals surface area contributed by atoms with Crippen LogP contribution in [-0.2, 0) is 9.47 Å². The average Bonchev–Trinajstić information content (AvgIpc) is 3.06. The molecule has 0 bridgehead atoms. The Morgan fingerprint density at radius 3 is 2.10 bits per heavy atom. The summed E-state index contributed by atoms with van der Waals surface area (Å²) >= 11 is 0. The third kappa shape index (κ3) is 3.63. The molecule has 2 aliphatic heterocycles. The molecule has 0 aromatic heterocycles. The molecule has 0 aliphatic carbocycles. The van der Waals surface area contributed by atoms with Crippen LogP contribution < -0.4 is 10.0 Å². The van der Waals surface area contributed by atoms with Crippen LogP contribution in [0.15, 0.2) is 42.5 Å². The van der Waals surface area contributed by atoms with Crippen molar-refractivity contribution < 1.29 is 14.2 Å². The van der Waals surface area contributed by atoms with E-state index in [1.165, 1.54) is 22.0 Å². The summed E-state index contributed by atoms with van der Waals surface area (Å²) in [4.78, 5) is 0. The maximum absolute atomic E-state index is 6.18. The highest BCUT2D eigenvalue weighted by Crippen LogP contribution is 2.68. The van der Waals surface area contributed by atoms with E-state index in [0.29, 0.717) is 13.2 Å². The van der Waals surface area contributed by atoms with Gasteiger partial charge >= 0.3 is 0 Å². The molecule has 2 aliphatic rings. The second kappa shape index (κ2) is 7.38. The highest BCUT2D eigenvalue weighted by atomic mass is 31.1. The molecule has 156 valence electrons. The minimum absolute atomic E-state index is 0.0907. The van der Waals surface area contributed by atoms with Gasteiger partial charge in [0.25, 0.3) is 0 Å². The van der Waals surface area contributed by atoms with Crippen LogP contribution >= 0.6 is 7.92 Å². The van der Waals surface area contributed by atoms with E-state index >= 15 is 0 Å². The fourth-order valence-corrected chi connectivity index (χ4v) is 10.2. The van der Waals surface area contributed by atoms with E-state index < -0.39 is 13.7 Å². The Morgan fingerprint density at radius 2 is 1.48 bits per heavy atom. The van der Waals surface area contributed by atoms with Crippen LogP contribution in [0.1, 0.15) is 46.1 Å². The molecule has 0 radical (unpaired) electrons. The number of methoxy groups -OCH3 is 1. The Morgan fingerprint density at radius 1 is 0.862 bits per heavy atom. The van der Waals surface area contributed by atoms with E-state index in [0.717, 1.165) is 18.6 Å². The minimum Gasteiger partial charge on any atom is -0.496 e. The van der Waals surface area contributed by atoms with E-state index in [-0.39, 0.29) is 10.3 Å². The largest absolute Gasteiger partial charge is 0.496 e. The summed E-state index contributed by atoms with van der Waals surface area (Å²) in [5.41, 5.74) is 3.77. The van der Waals surface area contributed by atoms with Crippen LogP contribution in [0.4, 0.5) is 0 Å². The van der Waals surface area contributed by atoms with Crippen molar-refractivity contribution in [3.8, 4) is 16.9 Å². The summed E-state index contributed by atoms with van der Waals surface area (Å²) in [6.45, 7) is 13.2. The number of rotatable bonds is 3. The number of aryl methyl sites for hydroxylation is 1. The predicted octanol–water partition coefficient (Wildman–Crippen LogP) is 5.87. The minimum atomic E-state index is -0.485. The summed E-state index contributed by atoms with van der Waals surface area (Å²) in [6, 6.07) is 15.2. The van der Waals surface area contributed by atoms with Gasteiger partial charge in [-0.2, -0.15) is 0 Å². The van der Waals surface area contributed by atoms with Crippen LogP contribution in [0.5, 0.6) is 5.75 Å². The first-order valence-corrected chi connectivity index (χ1v) is 11.8. The fourth-order valence-electron chi connectivity index (χ4n) is 5.75. The van der Waals surface area contributed by atoms with Gasteiger partial charge in [-0.05, 0) is 39.7 Å². The van der Waals surface area contributed by atoms with Crippen LogP contribution in [-0.4, -0.2) is 36.4 Å². The van der Waals surface area contributed by atoms with Crippen molar-refractivity contribution in [3.63, 3.8) is 0 Å². The van der Waals surface area contributed by atoms with Crippen LogP contribution in [0.3, 0.4) is 0 Å². The second-order valence-corrected chi connectivity index (χ2v) is 13.2. The molecule has 0 unspecified atom stereocenters. The number of ether oxygens (including phenoxy) is 3. The van der Waals surface area contributed by atoms with Crippen LogP contribution in [0.2, 0.25) is 0 Å². The van der Waals surface area contributed by atoms with Gasteiger partial charge in [0.05, 0.1) is 20.3 Å². The van der Waals surface area contributed by atoms with Gasteiger partial charge in [0.15, 0.2) is 5.79 Å². The van der Waals surface area contributed by atoms with Gasteiger partial charge < -0.3 is 14.2 Å². The van der Waals surface area contributed by atoms with E-state index in [4.69, 9.17) is 14.2 Å². The third-order valence-corrected chi connectivity index (χ3v) is 9.91. The molecule has 0 saturated carbocycles. The standard InChI is InChI=1S/C25H33O3P/c1-18-10-9-12-20(26-6)22(18)19-11-7-8-13-21(19)29-23(2,3)16-25(17-24(29,4)5)27-14-15-28-25/h7-13H,14-17H2,1-6H3. The van der Waals surface area contributed by atoms with E-state index in [9.17, 15) is 0 Å². The number of hydrogen-bond donors (Lipinski definition) is 0. The Labute approximate surface area is 176 Å². The van der Waals surface area contributed by atoms with Crippen molar-refractivity contribution >= 4 is 13.2 Å². The third-order valence-electron chi connectivity index (χ3n) is 6.30. The number of hydrogen-bond acceptors (Lipinski definition) is 3. The Bertz CT molecular complexity index is 877. The van der Waals surface area contributed by atoms with Crippen LogP contribution in [0, 0.1) is 6.92 Å². The van der Waals surface area contributed by atoms with Gasteiger partial charge in [0.2, 0.25) is 0 Å². The Balaban J connectivity index is 1.86. The zero-order chi connectivity index (χ0) is 20.9. The first-order valence-electron chi connectivity index (χ1n) is 10.5. The molecule has 4 rings (SSSR count). The lowest BCUT2D eigenvalue weighted by atomic mass is 9.91. The molecular formula is C25H33O3P. The molecule has 2 heterocycles. The van der Waals surface area contributed by atoms with Crippen molar-refractivity contribution in [2.24, 2.45) is 0 Å². The van der Waals surface area contributed by atoms with Crippen molar-refractivity contribution in [1.29, 1.82) is 0 Å². The van der Waals surface area contributed by atoms with Crippen LogP contribution in [0.25, 0.3) is 11.1 Å². The molecular weight excluding hydrogens is 379 g/mol. The number of benzene rings is 2. The SMILES string of the molecule is COc1cccc(C)c1-c1ccccc1P1C(C)(C)CC2(CC1(C)C)OCCO2. The molecule has 4 heteroatoms. The molecule has 2 aromatic rings. The van der Waals surface area contributed by atoms with Gasteiger partial charge in [-0.1, -0.05) is 72.0 Å². The van der Waals surface area contributed by atoms with Crippen molar-refractivity contribution in [2.45, 2.75) is 63.6 Å². The maximum atomic E-state index is 6.18. The fraction of sp³-hybridized carbons (Fsp3) is 0.520. The quantitative estimate of drug-likeness (QED) is 0.590. The second-order valence-electron chi connectivity index (χ2n) is 9.59. The van der Waals surface area contributed by atoms with Gasteiger partial charge in [-0.3, -0.25) is 0 Å². The molecule has 2 saturated heterocycles. The summed E-state index contributed by atoms with van der Waals surface area (Å²) in [5, 5.41) is 1.64. The highest BCUT2D eigenvalue weighted by Gasteiger charge is 2.57. The molecule has 29 heavy (non-hydrogen) atoms. The molecule has 1 spiro atoms. The molecule has 3 nitrogen and oxygen atoms in total. The first kappa shape index (κ1) is 20.8. The van der Waals surface area contributed by atoms with Crippen molar-refractivity contribution in [1.82, 2.24) is 0 Å². The predicted molar refractivity (Wildman–Crippen MR) is 122 cm³/mol. The zero-order valence-electron chi connectivity index (χ0n) is 18.5. The monoisotopic (exact) mass is 412 g/mol. The first-order chi connectivity index (χ1) is 13.7. The molecule has 2 fully saturated rings. The zero-order valence-corrected chi connectivity index (χ0v) is 19.4. The van der Waals surface area contributed by atoms with E-state index in [1.54, 1.807) is 7.11 Å². The van der Waals surface area contributed by atoms with Gasteiger partial charge in [0.1, 0.15) is 5.75 Å². The molecule has 0 N–H and O–H groups in total. The average molecular weight is 413 g/mol. The van der Waals surface area contributed by atoms with Crippen molar-refractivity contribution in [2.75, 3.05) is 20.3 Å². The van der Waals surface area contributed by atoms with Gasteiger partial charge in [-0.25, -0.2) is 0 Å². The lowest BCUT2D eigenvalue weighted by Crippen LogP contribution is -2.52. The normalized spacial score (nSPS) is 22.7. The lowest BCUT2D eigenvalue weighted by molar-refractivity contribution is -0.178. The van der Waals surface area contributed by atoms with Gasteiger partial charge in [0, 0.05) is 18.4 Å². The molecule has 0 amide bonds. The summed E-state index contributed by atoms with van der Waals surface area (Å²) in [6.07, 6.45) is 1.88. The van der Waals surface area contributed by atoms with E-state index in [1.807, 2.05) is 0 Å². The topological polar surface area (TPSA) is 27.7 Å². The summed E-state index contributed by atoms with van der Waals surface area (Å²) < 4.78 is 18.1. The maximum Gasteiger partial charge on any atom is 0.170 e. The molecule has 0 atom stereocenters. The smallest absolute Gasteiger partial charge is 0.170 e. The lowest BCUT2D eigenvalue weighted by Gasteiger charge is -2.55. The highest BCUT2D eigenvalue weighted by molar-refractivity contribution is 7.69.